The molecule has 2 N–H and O–H groups in total. The summed E-state index contributed by atoms with van der Waals surface area (Å²) in [7, 11) is -5.63. The number of carbonyl (C=O) groups is 1. The molecule has 0 bridgehead atoms. The first-order chi connectivity index (χ1) is 11.4. The van der Waals surface area contributed by atoms with Gasteiger partial charge in [0.05, 0.1) is 0 Å². The number of hydrogen-bond donors (Lipinski definition) is 2. The Bertz CT molecular complexity index is 963. The number of phenols is 1. The number of benzene rings is 2. The van der Waals surface area contributed by atoms with E-state index < -0.39 is 61.3 Å². The van der Waals surface area contributed by atoms with Crippen LogP contribution in [0.15, 0.2) is 23.1 Å². The van der Waals surface area contributed by atoms with E-state index in [1.165, 1.54) is 6.07 Å². The van der Waals surface area contributed by atoms with Crippen molar-refractivity contribution in [3.8, 4) is 11.5 Å². The fourth-order valence-corrected chi connectivity index (χ4v) is 2.85. The molecule has 0 aliphatic heterocycles. The van der Waals surface area contributed by atoms with Gasteiger partial charge in [0.2, 0.25) is 17.4 Å². The summed E-state index contributed by atoms with van der Waals surface area (Å²) in [6.45, 7) is 0. The summed E-state index contributed by atoms with van der Waals surface area (Å²) in [6, 6.07) is 3.51. The van der Waals surface area contributed by atoms with E-state index in [0.717, 1.165) is 12.1 Å². The Labute approximate surface area is 150 Å². The number of aromatic hydroxyl groups is 1. The van der Waals surface area contributed by atoms with Crippen LogP contribution in [0.4, 0.5) is 17.6 Å². The molecule has 0 aromatic heterocycles. The van der Waals surface area contributed by atoms with Gasteiger partial charge in [-0.25, -0.2) is 13.6 Å². The molecule has 2 rings (SSSR count). The van der Waals surface area contributed by atoms with Gasteiger partial charge < -0.3 is 9.84 Å². The monoisotopic (exact) mass is 492 g/mol. The van der Waals surface area contributed by atoms with Crippen LogP contribution in [-0.4, -0.2) is 24.0 Å². The molecule has 0 spiro atoms. The molecular formula is C13H5F4IO6S. The molecule has 12 heteroatoms. The quantitative estimate of drug-likeness (QED) is 0.171. The molecule has 0 radical (unpaired) electrons. The number of hydrogen-bond acceptors (Lipinski definition) is 5. The summed E-state index contributed by atoms with van der Waals surface area (Å²) in [4.78, 5) is 9.60. The van der Waals surface area contributed by atoms with E-state index in [0.29, 0.717) is 3.57 Å². The van der Waals surface area contributed by atoms with Gasteiger partial charge in [0.25, 0.3) is 0 Å². The van der Waals surface area contributed by atoms with Gasteiger partial charge in [-0.1, -0.05) is 0 Å². The molecule has 2 aromatic carbocycles. The zero-order valence-corrected chi connectivity index (χ0v) is 14.5. The Balaban J connectivity index is 2.58. The van der Waals surface area contributed by atoms with Crippen molar-refractivity contribution < 1.29 is 45.2 Å². The first kappa shape index (κ1) is 19.4. The van der Waals surface area contributed by atoms with Crippen molar-refractivity contribution in [1.29, 1.82) is 0 Å². The molecule has 0 saturated carbocycles. The molecule has 0 atom stereocenters. The summed E-state index contributed by atoms with van der Waals surface area (Å²) < 4.78 is 89.8. The van der Waals surface area contributed by atoms with E-state index in [-0.39, 0.29) is 0 Å². The lowest BCUT2D eigenvalue weighted by molar-refractivity contribution is 0.0713. The van der Waals surface area contributed by atoms with E-state index in [9.17, 15) is 35.9 Å². The maximum atomic E-state index is 13.8. The highest BCUT2D eigenvalue weighted by Crippen LogP contribution is 2.33. The predicted octanol–water partition coefficient (Wildman–Crippen LogP) is 3.02. The lowest BCUT2D eigenvalue weighted by Crippen LogP contribution is -2.16. The van der Waals surface area contributed by atoms with E-state index in [4.69, 9.17) is 4.55 Å². The van der Waals surface area contributed by atoms with Gasteiger partial charge in [-0.15, -0.1) is 0 Å². The van der Waals surface area contributed by atoms with Gasteiger partial charge >= 0.3 is 16.1 Å². The minimum absolute atomic E-state index is 0.419. The Morgan fingerprint density at radius 1 is 1.04 bits per heavy atom. The molecule has 0 aliphatic carbocycles. The lowest BCUT2D eigenvalue weighted by atomic mass is 10.2. The topological polar surface area (TPSA) is 101 Å². The van der Waals surface area contributed by atoms with E-state index in [1.54, 1.807) is 22.6 Å². The second-order valence-electron chi connectivity index (χ2n) is 4.44. The van der Waals surface area contributed by atoms with Crippen LogP contribution in [0.3, 0.4) is 0 Å². The molecule has 0 heterocycles. The molecular weight excluding hydrogens is 487 g/mol. The molecule has 25 heavy (non-hydrogen) atoms. The van der Waals surface area contributed by atoms with Gasteiger partial charge in [-0.3, -0.25) is 4.55 Å². The van der Waals surface area contributed by atoms with Crippen LogP contribution in [0.25, 0.3) is 0 Å². The first-order valence-corrected chi connectivity index (χ1v) is 8.51. The van der Waals surface area contributed by atoms with Crippen molar-refractivity contribution in [1.82, 2.24) is 0 Å². The van der Waals surface area contributed by atoms with Crippen molar-refractivity contribution in [2.75, 3.05) is 0 Å². The molecule has 0 unspecified atom stereocenters. The van der Waals surface area contributed by atoms with Gasteiger partial charge in [0, 0.05) is 3.57 Å². The van der Waals surface area contributed by atoms with Crippen LogP contribution in [0, 0.1) is 26.8 Å². The van der Waals surface area contributed by atoms with Crippen molar-refractivity contribution in [2.45, 2.75) is 4.90 Å². The largest absolute Gasteiger partial charge is 0.507 e. The zero-order valence-electron chi connectivity index (χ0n) is 11.6. The third kappa shape index (κ3) is 3.69. The molecule has 6 nitrogen and oxygen atoms in total. The normalized spacial score (nSPS) is 11.4. The molecule has 0 aliphatic rings. The number of carbonyl (C=O) groups excluding carboxylic acids is 1. The first-order valence-electron chi connectivity index (χ1n) is 5.99. The van der Waals surface area contributed by atoms with E-state index in [2.05, 4.69) is 4.74 Å². The molecule has 0 fully saturated rings. The van der Waals surface area contributed by atoms with Crippen molar-refractivity contribution >= 4 is 38.7 Å². The summed E-state index contributed by atoms with van der Waals surface area (Å²) in [6.07, 6.45) is 0. The third-order valence-corrected chi connectivity index (χ3v) is 4.36. The Morgan fingerprint density at radius 3 is 2.04 bits per heavy atom. The highest BCUT2D eigenvalue weighted by Gasteiger charge is 2.34. The van der Waals surface area contributed by atoms with E-state index in [1.807, 2.05) is 0 Å². The van der Waals surface area contributed by atoms with Crippen LogP contribution in [-0.2, 0) is 10.1 Å². The number of esters is 1. The highest BCUT2D eigenvalue weighted by molar-refractivity contribution is 14.1. The van der Waals surface area contributed by atoms with Gasteiger partial charge in [0.15, 0.2) is 16.5 Å². The van der Waals surface area contributed by atoms with Crippen molar-refractivity contribution in [3.05, 3.63) is 50.6 Å². The number of halogens is 5. The molecule has 2 aromatic rings. The molecule has 0 saturated heterocycles. The van der Waals surface area contributed by atoms with E-state index >= 15 is 0 Å². The van der Waals surface area contributed by atoms with Crippen LogP contribution in [0.2, 0.25) is 0 Å². The summed E-state index contributed by atoms with van der Waals surface area (Å²) in [5, 5.41) is 9.53. The Kier molecular flexibility index (Phi) is 5.24. The average molecular weight is 492 g/mol. The minimum atomic E-state index is -5.63. The number of ether oxygens (including phenoxy) is 1. The predicted molar refractivity (Wildman–Crippen MR) is 81.9 cm³/mol. The molecule has 134 valence electrons. The lowest BCUT2D eigenvalue weighted by Gasteiger charge is -2.11. The summed E-state index contributed by atoms with van der Waals surface area (Å²) >= 11 is 1.74. The van der Waals surface area contributed by atoms with Crippen LogP contribution in [0.1, 0.15) is 10.4 Å². The summed E-state index contributed by atoms with van der Waals surface area (Å²) in [5.74, 6) is -13.7. The standard InChI is InChI=1S/C13H5F4IO6S/c14-7-9(16)12(25(21,22)23)10(17)8(15)11(7)24-13(20)5-3-4(18)1-2-6(5)19/h1-3,19H,(H,21,22,23). The summed E-state index contributed by atoms with van der Waals surface area (Å²) in [5.41, 5.74) is -0.564. The van der Waals surface area contributed by atoms with Crippen LogP contribution in [0.5, 0.6) is 11.5 Å². The van der Waals surface area contributed by atoms with Crippen molar-refractivity contribution in [2.24, 2.45) is 0 Å². The van der Waals surface area contributed by atoms with Crippen molar-refractivity contribution in [3.63, 3.8) is 0 Å². The van der Waals surface area contributed by atoms with Gasteiger partial charge in [-0.05, 0) is 40.8 Å². The van der Waals surface area contributed by atoms with Gasteiger partial charge in [-0.2, -0.15) is 17.2 Å². The average Bonchev–Trinajstić information content (AvgIpc) is 2.50. The number of phenolic OH excluding ortho intramolecular Hbond substituents is 1. The smallest absolute Gasteiger partial charge is 0.347 e. The Hall–Kier alpha value is -1.93. The third-order valence-electron chi connectivity index (χ3n) is 2.81. The zero-order chi connectivity index (χ0) is 19.1. The second-order valence-corrected chi connectivity index (χ2v) is 7.04. The fraction of sp³-hybridized carbons (Fsp3) is 0. The number of rotatable bonds is 3. The maximum Gasteiger partial charge on any atom is 0.347 e. The second kappa shape index (κ2) is 6.76. The highest BCUT2D eigenvalue weighted by atomic mass is 127. The van der Waals surface area contributed by atoms with Crippen LogP contribution < -0.4 is 4.74 Å². The minimum Gasteiger partial charge on any atom is -0.507 e. The fourth-order valence-electron chi connectivity index (χ4n) is 1.73. The maximum absolute atomic E-state index is 13.8. The Morgan fingerprint density at radius 2 is 1.56 bits per heavy atom. The molecule has 0 amide bonds. The SMILES string of the molecule is O=C(Oc1c(F)c(F)c(S(=O)(=O)O)c(F)c1F)c1cc(I)ccc1O. The van der Waals surface area contributed by atoms with Crippen LogP contribution >= 0.6 is 22.6 Å². The van der Waals surface area contributed by atoms with Gasteiger partial charge in [0.1, 0.15) is 11.3 Å².